The normalized spacial score (nSPS) is 11.8. The average molecular weight is 271 g/mol. The van der Waals surface area contributed by atoms with E-state index >= 15 is 0 Å². The number of sulfonamides is 1. The molecule has 6 heteroatoms. The smallest absolute Gasteiger partial charge is 0.262 e. The van der Waals surface area contributed by atoms with Crippen LogP contribution in [-0.2, 0) is 14.9 Å². The molecule has 0 aliphatic rings. The van der Waals surface area contributed by atoms with Crippen molar-refractivity contribution in [3.8, 4) is 0 Å². The van der Waals surface area contributed by atoms with Crippen LogP contribution in [0, 0.1) is 5.92 Å². The molecule has 0 aromatic heterocycles. The Labute approximate surface area is 107 Å². The van der Waals surface area contributed by atoms with Crippen molar-refractivity contribution in [2.75, 3.05) is 6.61 Å². The largest absolute Gasteiger partial charge is 0.295 e. The highest BCUT2D eigenvalue weighted by molar-refractivity contribution is 7.89. The molecule has 18 heavy (non-hydrogen) atoms. The van der Waals surface area contributed by atoms with Crippen molar-refractivity contribution in [1.29, 1.82) is 0 Å². The van der Waals surface area contributed by atoms with E-state index < -0.39 is 10.0 Å². The number of benzene rings is 1. The summed E-state index contributed by atoms with van der Waals surface area (Å²) in [7, 11) is -3.74. The van der Waals surface area contributed by atoms with Crippen LogP contribution in [0.2, 0.25) is 0 Å². The Balaban J connectivity index is 2.85. The van der Waals surface area contributed by atoms with E-state index in [2.05, 4.69) is 0 Å². The predicted molar refractivity (Wildman–Crippen MR) is 67.6 cm³/mol. The molecular weight excluding hydrogens is 254 g/mol. The molecule has 100 valence electrons. The number of carbonyl (C=O) groups is 1. The van der Waals surface area contributed by atoms with Gasteiger partial charge in [0.05, 0.1) is 11.5 Å². The van der Waals surface area contributed by atoms with E-state index in [1.165, 1.54) is 25.1 Å². The molecule has 0 bridgehead atoms. The van der Waals surface area contributed by atoms with Gasteiger partial charge < -0.3 is 0 Å². The highest BCUT2D eigenvalue weighted by Gasteiger charge is 2.15. The van der Waals surface area contributed by atoms with Crippen molar-refractivity contribution >= 4 is 15.8 Å². The number of carbonyl (C=O) groups excluding carboxylic acids is 1. The van der Waals surface area contributed by atoms with Crippen molar-refractivity contribution < 1.29 is 18.0 Å². The predicted octanol–water partition coefficient (Wildman–Crippen LogP) is 1.76. The Morgan fingerprint density at radius 2 is 2.06 bits per heavy atom. The summed E-state index contributed by atoms with van der Waals surface area (Å²) in [5.41, 5.74) is 0.349. The van der Waals surface area contributed by atoms with E-state index in [9.17, 15) is 13.2 Å². The molecule has 5 nitrogen and oxygen atoms in total. The summed E-state index contributed by atoms with van der Waals surface area (Å²) >= 11 is 0. The van der Waals surface area contributed by atoms with Gasteiger partial charge in [-0.05, 0) is 25.0 Å². The second-order valence-corrected chi connectivity index (χ2v) is 6.02. The van der Waals surface area contributed by atoms with Gasteiger partial charge in [0.2, 0.25) is 0 Å². The van der Waals surface area contributed by atoms with Crippen LogP contribution in [0.1, 0.15) is 31.1 Å². The molecule has 0 amide bonds. The fraction of sp³-hybridized carbons (Fsp3) is 0.417. The minimum atomic E-state index is -3.74. The summed E-state index contributed by atoms with van der Waals surface area (Å²) in [5, 5.41) is 0. The molecule has 1 N–H and O–H groups in total. The van der Waals surface area contributed by atoms with Crippen molar-refractivity contribution in [2.24, 2.45) is 5.92 Å². The van der Waals surface area contributed by atoms with Gasteiger partial charge in [-0.2, -0.15) is 0 Å². The lowest BCUT2D eigenvalue weighted by atomic mass is 10.2. The molecule has 0 fully saturated rings. The van der Waals surface area contributed by atoms with Gasteiger partial charge in [0.15, 0.2) is 5.78 Å². The SMILES string of the molecule is CC(=O)c1cccc(S(=O)(=O)NOCC(C)C)c1. The first-order valence-corrected chi connectivity index (χ1v) is 7.06. The number of nitrogens with one attached hydrogen (secondary N) is 1. The molecule has 1 aromatic rings. The molecule has 0 heterocycles. The van der Waals surface area contributed by atoms with Crippen molar-refractivity contribution in [2.45, 2.75) is 25.7 Å². The highest BCUT2D eigenvalue weighted by atomic mass is 32.2. The Hall–Kier alpha value is -1.24. The van der Waals surface area contributed by atoms with Gasteiger partial charge >= 0.3 is 0 Å². The molecule has 0 saturated carbocycles. The third-order valence-corrected chi connectivity index (χ3v) is 3.35. The third kappa shape index (κ3) is 4.21. The number of ketones is 1. The van der Waals surface area contributed by atoms with Crippen LogP contribution in [0.15, 0.2) is 29.2 Å². The van der Waals surface area contributed by atoms with Crippen LogP contribution in [0.25, 0.3) is 0 Å². The van der Waals surface area contributed by atoms with Crippen LogP contribution in [0.3, 0.4) is 0 Å². The molecule has 0 aliphatic heterocycles. The van der Waals surface area contributed by atoms with E-state index in [1.807, 2.05) is 18.7 Å². The van der Waals surface area contributed by atoms with Crippen molar-refractivity contribution in [1.82, 2.24) is 4.89 Å². The molecule has 0 unspecified atom stereocenters. The maximum atomic E-state index is 11.8. The van der Waals surface area contributed by atoms with Crippen molar-refractivity contribution in [3.05, 3.63) is 29.8 Å². The third-order valence-electron chi connectivity index (χ3n) is 2.14. The quantitative estimate of drug-likeness (QED) is 0.632. The molecule has 0 radical (unpaired) electrons. The number of Topliss-reactive ketones (excluding diaryl/α,β-unsaturated/α-hetero) is 1. The Kier molecular flexibility index (Phi) is 5.01. The lowest BCUT2D eigenvalue weighted by Crippen LogP contribution is -2.26. The van der Waals surface area contributed by atoms with Gasteiger partial charge in [-0.1, -0.05) is 30.9 Å². The summed E-state index contributed by atoms with van der Waals surface area (Å²) in [6, 6.07) is 5.82. The molecule has 1 aromatic carbocycles. The Bertz CT molecular complexity index is 523. The standard InChI is InChI=1S/C12H17NO4S/c1-9(2)8-17-13-18(15,16)12-6-4-5-11(7-12)10(3)14/h4-7,9,13H,8H2,1-3H3. The topological polar surface area (TPSA) is 72.5 Å². The summed E-state index contributed by atoms with van der Waals surface area (Å²) in [4.78, 5) is 18.1. The Morgan fingerprint density at radius 1 is 1.39 bits per heavy atom. The minimum Gasteiger partial charge on any atom is -0.295 e. The first-order chi connectivity index (χ1) is 8.33. The average Bonchev–Trinajstić information content (AvgIpc) is 2.28. The maximum Gasteiger partial charge on any atom is 0.262 e. The number of hydrogen-bond acceptors (Lipinski definition) is 4. The summed E-state index contributed by atoms with van der Waals surface area (Å²) in [5.74, 6) is 0.0337. The van der Waals surface area contributed by atoms with E-state index in [-0.39, 0.29) is 23.2 Å². The first kappa shape index (κ1) is 14.8. The van der Waals surface area contributed by atoms with E-state index in [1.54, 1.807) is 6.07 Å². The van der Waals surface area contributed by atoms with Gasteiger partial charge in [0.25, 0.3) is 10.0 Å². The zero-order valence-electron chi connectivity index (χ0n) is 10.6. The summed E-state index contributed by atoms with van der Waals surface area (Å²) in [6.07, 6.45) is 0. The second kappa shape index (κ2) is 6.08. The molecule has 0 aliphatic carbocycles. The fourth-order valence-electron chi connectivity index (χ4n) is 1.21. The maximum absolute atomic E-state index is 11.8. The lowest BCUT2D eigenvalue weighted by Gasteiger charge is -2.09. The van der Waals surface area contributed by atoms with Gasteiger partial charge in [0.1, 0.15) is 0 Å². The Morgan fingerprint density at radius 3 is 2.61 bits per heavy atom. The molecule has 1 rings (SSSR count). The van der Waals surface area contributed by atoms with Crippen LogP contribution in [0.5, 0.6) is 0 Å². The van der Waals surface area contributed by atoms with Crippen LogP contribution in [-0.4, -0.2) is 20.8 Å². The molecule has 0 saturated heterocycles. The summed E-state index contributed by atoms with van der Waals surface area (Å²) in [6.45, 7) is 5.48. The fourth-order valence-corrected chi connectivity index (χ4v) is 2.07. The van der Waals surface area contributed by atoms with Crippen LogP contribution < -0.4 is 4.89 Å². The number of hydrogen-bond donors (Lipinski definition) is 1. The van der Waals surface area contributed by atoms with Crippen LogP contribution in [0.4, 0.5) is 0 Å². The minimum absolute atomic E-state index is 0.0129. The van der Waals surface area contributed by atoms with Crippen LogP contribution >= 0.6 is 0 Å². The molecule has 0 spiro atoms. The van der Waals surface area contributed by atoms with E-state index in [0.717, 1.165) is 0 Å². The van der Waals surface area contributed by atoms with Gasteiger partial charge in [-0.15, -0.1) is 0 Å². The molecular formula is C12H17NO4S. The molecule has 0 atom stereocenters. The monoisotopic (exact) mass is 271 g/mol. The zero-order chi connectivity index (χ0) is 13.8. The van der Waals surface area contributed by atoms with E-state index in [0.29, 0.717) is 5.56 Å². The zero-order valence-corrected chi connectivity index (χ0v) is 11.5. The highest BCUT2D eigenvalue weighted by Crippen LogP contribution is 2.12. The summed E-state index contributed by atoms with van der Waals surface area (Å²) < 4.78 is 23.7. The van der Waals surface area contributed by atoms with Crippen molar-refractivity contribution in [3.63, 3.8) is 0 Å². The number of rotatable bonds is 6. The van der Waals surface area contributed by atoms with Gasteiger partial charge in [0, 0.05) is 5.56 Å². The second-order valence-electron chi connectivity index (χ2n) is 4.38. The van der Waals surface area contributed by atoms with Gasteiger partial charge in [-0.3, -0.25) is 9.63 Å². The van der Waals surface area contributed by atoms with E-state index in [4.69, 9.17) is 4.84 Å². The first-order valence-electron chi connectivity index (χ1n) is 5.57. The van der Waals surface area contributed by atoms with Gasteiger partial charge in [-0.25, -0.2) is 8.42 Å². The lowest BCUT2D eigenvalue weighted by molar-refractivity contribution is 0.0718.